The van der Waals surface area contributed by atoms with Crippen LogP contribution in [0.3, 0.4) is 0 Å². The maximum absolute atomic E-state index is 6.12. The van der Waals surface area contributed by atoms with Crippen molar-refractivity contribution in [3.05, 3.63) is 22.3 Å². The van der Waals surface area contributed by atoms with Gasteiger partial charge in [0.15, 0.2) is 0 Å². The zero-order valence-electron chi connectivity index (χ0n) is 8.80. The van der Waals surface area contributed by atoms with E-state index < -0.39 is 0 Å². The predicted octanol–water partition coefficient (Wildman–Crippen LogP) is 3.84. The number of rotatable bonds is 2. The highest BCUT2D eigenvalue weighted by atomic mass is 35.5. The van der Waals surface area contributed by atoms with Crippen LogP contribution >= 0.6 is 34.8 Å². The molecule has 1 aliphatic heterocycles. The Morgan fingerprint density at radius 1 is 1.31 bits per heavy atom. The number of piperidine rings is 1. The fourth-order valence-electron chi connectivity index (χ4n) is 1.94. The third-order valence-electron chi connectivity index (χ3n) is 2.92. The molecular formula is C11H13Cl3N2. The molecule has 1 saturated heterocycles. The largest absolute Gasteiger partial charge is 0.355 e. The molecule has 5 heteroatoms. The lowest BCUT2D eigenvalue weighted by Gasteiger charge is -2.32. The molecule has 0 spiro atoms. The van der Waals surface area contributed by atoms with Gasteiger partial charge in [-0.25, -0.2) is 4.98 Å². The van der Waals surface area contributed by atoms with Crippen molar-refractivity contribution in [1.29, 1.82) is 0 Å². The fraction of sp³-hybridized carbons (Fsp3) is 0.545. The van der Waals surface area contributed by atoms with E-state index in [-0.39, 0.29) is 0 Å². The summed E-state index contributed by atoms with van der Waals surface area (Å²) in [5, 5.41) is 1.20. The van der Waals surface area contributed by atoms with Crippen LogP contribution in [-0.2, 0) is 0 Å². The number of alkyl halides is 1. The molecule has 1 aromatic rings. The highest BCUT2D eigenvalue weighted by molar-refractivity contribution is 6.36. The Morgan fingerprint density at radius 3 is 2.56 bits per heavy atom. The zero-order chi connectivity index (χ0) is 11.5. The molecule has 0 atom stereocenters. The molecule has 2 heterocycles. The second kappa shape index (κ2) is 5.44. The molecule has 1 aliphatic rings. The van der Waals surface area contributed by atoms with Gasteiger partial charge in [0.25, 0.3) is 0 Å². The van der Waals surface area contributed by atoms with Crippen LogP contribution < -0.4 is 4.90 Å². The molecule has 0 radical (unpaired) electrons. The first-order valence-electron chi connectivity index (χ1n) is 5.32. The van der Waals surface area contributed by atoms with Gasteiger partial charge in [0, 0.05) is 25.2 Å². The van der Waals surface area contributed by atoms with E-state index in [0.29, 0.717) is 16.0 Å². The van der Waals surface area contributed by atoms with Gasteiger partial charge in [-0.15, -0.1) is 11.6 Å². The molecule has 0 saturated carbocycles. The van der Waals surface area contributed by atoms with E-state index in [1.165, 1.54) is 0 Å². The van der Waals surface area contributed by atoms with E-state index in [1.807, 2.05) is 0 Å². The van der Waals surface area contributed by atoms with Crippen molar-refractivity contribution in [3.63, 3.8) is 0 Å². The average Bonchev–Trinajstić information content (AvgIpc) is 2.29. The first-order chi connectivity index (χ1) is 7.70. The van der Waals surface area contributed by atoms with E-state index in [1.54, 1.807) is 12.3 Å². The number of hydrogen-bond donors (Lipinski definition) is 0. The van der Waals surface area contributed by atoms with Crippen LogP contribution in [0.2, 0.25) is 10.0 Å². The van der Waals surface area contributed by atoms with Crippen molar-refractivity contribution >= 4 is 40.6 Å². The van der Waals surface area contributed by atoms with Crippen LogP contribution in [0, 0.1) is 5.92 Å². The van der Waals surface area contributed by atoms with Gasteiger partial charge in [0.2, 0.25) is 0 Å². The zero-order valence-corrected chi connectivity index (χ0v) is 11.1. The molecule has 88 valence electrons. The quantitative estimate of drug-likeness (QED) is 0.765. The highest BCUT2D eigenvalue weighted by Gasteiger charge is 2.20. The minimum absolute atomic E-state index is 0.574. The topological polar surface area (TPSA) is 16.1 Å². The minimum Gasteiger partial charge on any atom is -0.355 e. The van der Waals surface area contributed by atoms with E-state index in [0.717, 1.165) is 37.6 Å². The minimum atomic E-state index is 0.574. The molecule has 0 bridgehead atoms. The fourth-order valence-corrected chi connectivity index (χ4v) is 2.75. The molecule has 2 nitrogen and oxygen atoms in total. The highest BCUT2D eigenvalue weighted by Crippen LogP contribution is 2.29. The second-order valence-corrected chi connectivity index (χ2v) is 5.20. The van der Waals surface area contributed by atoms with Crippen molar-refractivity contribution in [2.45, 2.75) is 12.8 Å². The number of aromatic nitrogens is 1. The summed E-state index contributed by atoms with van der Waals surface area (Å²) in [4.78, 5) is 6.48. The monoisotopic (exact) mass is 278 g/mol. The maximum Gasteiger partial charge on any atom is 0.147 e. The van der Waals surface area contributed by atoms with Gasteiger partial charge >= 0.3 is 0 Å². The Kier molecular flexibility index (Phi) is 4.17. The average molecular weight is 280 g/mol. The van der Waals surface area contributed by atoms with Gasteiger partial charge in [0.05, 0.1) is 10.0 Å². The van der Waals surface area contributed by atoms with Crippen LogP contribution in [0.4, 0.5) is 5.82 Å². The summed E-state index contributed by atoms with van der Waals surface area (Å²) in [5.74, 6) is 2.21. The molecule has 0 aromatic carbocycles. The van der Waals surface area contributed by atoms with Gasteiger partial charge in [-0.2, -0.15) is 0 Å². The Hall–Kier alpha value is -0.180. The third kappa shape index (κ3) is 2.73. The lowest BCUT2D eigenvalue weighted by Crippen LogP contribution is -2.34. The van der Waals surface area contributed by atoms with Crippen LogP contribution in [0.5, 0.6) is 0 Å². The van der Waals surface area contributed by atoms with Gasteiger partial charge < -0.3 is 4.90 Å². The lowest BCUT2D eigenvalue weighted by molar-refractivity contribution is 0.441. The molecule has 1 fully saturated rings. The molecule has 0 aliphatic carbocycles. The summed E-state index contributed by atoms with van der Waals surface area (Å²) < 4.78 is 0. The molecule has 0 amide bonds. The third-order valence-corrected chi connectivity index (χ3v) is 3.84. The number of nitrogens with zero attached hydrogens (tertiary/aromatic N) is 2. The summed E-state index contributed by atoms with van der Waals surface area (Å²) in [5.41, 5.74) is 0. The van der Waals surface area contributed by atoms with Crippen molar-refractivity contribution in [2.24, 2.45) is 5.92 Å². The summed E-state index contributed by atoms with van der Waals surface area (Å²) in [7, 11) is 0. The van der Waals surface area contributed by atoms with Crippen molar-refractivity contribution in [3.8, 4) is 0 Å². The van der Waals surface area contributed by atoms with E-state index in [4.69, 9.17) is 34.8 Å². The molecule has 16 heavy (non-hydrogen) atoms. The second-order valence-electron chi connectivity index (χ2n) is 4.04. The lowest BCUT2D eigenvalue weighted by atomic mass is 9.99. The van der Waals surface area contributed by atoms with Crippen LogP contribution in [0.15, 0.2) is 12.3 Å². The standard InChI is InChI=1S/C11H13Cl3N2/c12-6-8-1-3-16(4-2-8)11-10(14)5-9(13)7-15-11/h5,7-8H,1-4,6H2. The van der Waals surface area contributed by atoms with Crippen LogP contribution in [0.1, 0.15) is 12.8 Å². The summed E-state index contributed by atoms with van der Waals surface area (Å²) in [6.45, 7) is 1.93. The van der Waals surface area contributed by atoms with Crippen molar-refractivity contribution < 1.29 is 0 Å². The first-order valence-corrected chi connectivity index (χ1v) is 6.61. The summed E-state index contributed by atoms with van der Waals surface area (Å²) in [6.07, 6.45) is 3.84. The Balaban J connectivity index is 2.08. The van der Waals surface area contributed by atoms with Gasteiger partial charge in [-0.3, -0.25) is 0 Å². The Labute approximate surface area is 111 Å². The Bertz CT molecular complexity index is 362. The van der Waals surface area contributed by atoms with E-state index >= 15 is 0 Å². The SMILES string of the molecule is ClCC1CCN(c2ncc(Cl)cc2Cl)CC1. The number of hydrogen-bond acceptors (Lipinski definition) is 2. The molecule has 1 aromatic heterocycles. The molecule has 0 N–H and O–H groups in total. The Morgan fingerprint density at radius 2 is 2.00 bits per heavy atom. The maximum atomic E-state index is 6.12. The normalized spacial score (nSPS) is 17.8. The van der Waals surface area contributed by atoms with E-state index in [9.17, 15) is 0 Å². The van der Waals surface area contributed by atoms with Gasteiger partial charge in [-0.1, -0.05) is 23.2 Å². The molecule has 0 unspecified atom stereocenters. The van der Waals surface area contributed by atoms with Crippen molar-refractivity contribution in [2.75, 3.05) is 23.9 Å². The van der Waals surface area contributed by atoms with Crippen molar-refractivity contribution in [1.82, 2.24) is 4.98 Å². The number of pyridine rings is 1. The summed E-state index contributed by atoms with van der Waals surface area (Å²) >= 11 is 17.8. The van der Waals surface area contributed by atoms with Crippen LogP contribution in [0.25, 0.3) is 0 Å². The van der Waals surface area contributed by atoms with Gasteiger partial charge in [-0.05, 0) is 24.8 Å². The van der Waals surface area contributed by atoms with Crippen LogP contribution in [-0.4, -0.2) is 24.0 Å². The summed E-state index contributed by atoms with van der Waals surface area (Å²) in [6, 6.07) is 1.74. The molecule has 2 rings (SSSR count). The number of halogens is 3. The van der Waals surface area contributed by atoms with Gasteiger partial charge in [0.1, 0.15) is 5.82 Å². The smallest absolute Gasteiger partial charge is 0.147 e. The molecular weight excluding hydrogens is 266 g/mol. The van der Waals surface area contributed by atoms with E-state index in [2.05, 4.69) is 9.88 Å². The predicted molar refractivity (Wildman–Crippen MR) is 69.9 cm³/mol. The number of anilines is 1. The first kappa shape index (κ1) is 12.3.